The third-order valence-electron chi connectivity index (χ3n) is 4.90. The molecule has 1 unspecified atom stereocenters. The average Bonchev–Trinajstić information content (AvgIpc) is 3.34. The molecule has 1 saturated heterocycles. The number of carbonyl (C=O) groups excluding carboxylic acids is 1. The Morgan fingerprint density at radius 2 is 2.07 bits per heavy atom. The first kappa shape index (κ1) is 17.9. The minimum atomic E-state index is -0.00260. The molecule has 2 aliphatic heterocycles. The van der Waals surface area contributed by atoms with Gasteiger partial charge in [0.25, 0.3) is 0 Å². The Bertz CT molecular complexity index is 896. The van der Waals surface area contributed by atoms with Crippen molar-refractivity contribution in [1.29, 1.82) is 0 Å². The fourth-order valence-corrected chi connectivity index (χ4v) is 3.98. The van der Waals surface area contributed by atoms with Crippen molar-refractivity contribution >= 4 is 27.9 Å². The van der Waals surface area contributed by atoms with Gasteiger partial charge in [-0.1, -0.05) is 22.0 Å². The zero-order valence-corrected chi connectivity index (χ0v) is 16.6. The van der Waals surface area contributed by atoms with E-state index >= 15 is 0 Å². The minimum Gasteiger partial charge on any atom is -0.496 e. The van der Waals surface area contributed by atoms with E-state index in [-0.39, 0.29) is 18.7 Å². The lowest BCUT2D eigenvalue weighted by atomic mass is 10.0. The molecule has 0 saturated carbocycles. The molecule has 0 N–H and O–H groups in total. The van der Waals surface area contributed by atoms with Gasteiger partial charge in [-0.3, -0.25) is 4.79 Å². The van der Waals surface area contributed by atoms with E-state index in [9.17, 15) is 4.79 Å². The number of rotatable bonds is 4. The van der Waals surface area contributed by atoms with Crippen LogP contribution in [-0.2, 0) is 4.79 Å². The fraction of sp³-hybridized carbons (Fsp3) is 0.286. The number of amides is 1. The molecule has 0 aliphatic carbocycles. The van der Waals surface area contributed by atoms with Gasteiger partial charge in [-0.05, 0) is 54.8 Å². The molecule has 2 aromatic carbocycles. The van der Waals surface area contributed by atoms with Gasteiger partial charge >= 0.3 is 0 Å². The van der Waals surface area contributed by atoms with Crippen LogP contribution in [0, 0.1) is 0 Å². The van der Waals surface area contributed by atoms with Crippen molar-refractivity contribution in [2.75, 3.05) is 20.4 Å². The first-order valence-corrected chi connectivity index (χ1v) is 9.67. The summed E-state index contributed by atoms with van der Waals surface area (Å²) in [5, 5.41) is 0. The smallest absolute Gasteiger partial charge is 0.247 e. The largest absolute Gasteiger partial charge is 0.496 e. The van der Waals surface area contributed by atoms with Crippen molar-refractivity contribution in [1.82, 2.24) is 4.90 Å². The van der Waals surface area contributed by atoms with Gasteiger partial charge < -0.3 is 19.1 Å². The molecule has 0 spiro atoms. The van der Waals surface area contributed by atoms with Crippen LogP contribution in [0.2, 0.25) is 0 Å². The van der Waals surface area contributed by atoms with E-state index in [1.54, 1.807) is 13.2 Å². The van der Waals surface area contributed by atoms with Crippen LogP contribution in [0.5, 0.6) is 17.2 Å². The topological polar surface area (TPSA) is 48.0 Å². The van der Waals surface area contributed by atoms with Gasteiger partial charge in [0, 0.05) is 22.7 Å². The number of ether oxygens (including phenoxy) is 3. The highest BCUT2D eigenvalue weighted by Crippen LogP contribution is 2.38. The summed E-state index contributed by atoms with van der Waals surface area (Å²) in [4.78, 5) is 14.8. The zero-order valence-electron chi connectivity index (χ0n) is 15.0. The van der Waals surface area contributed by atoms with Crippen LogP contribution in [0.25, 0.3) is 6.08 Å². The Hall–Kier alpha value is -2.47. The van der Waals surface area contributed by atoms with Crippen molar-refractivity contribution in [2.24, 2.45) is 0 Å². The maximum Gasteiger partial charge on any atom is 0.247 e. The Balaban J connectivity index is 1.53. The molecular formula is C21H20BrNO4. The number of benzene rings is 2. The summed E-state index contributed by atoms with van der Waals surface area (Å²) < 4.78 is 17.2. The Morgan fingerprint density at radius 3 is 2.93 bits per heavy atom. The SMILES string of the molecule is COc1ccc(Br)cc1C1CCCN1C(=O)C=Cc1ccc2c(c1)OCO2. The molecule has 5 nitrogen and oxygen atoms in total. The average molecular weight is 430 g/mol. The summed E-state index contributed by atoms with van der Waals surface area (Å²) in [6.07, 6.45) is 5.35. The lowest BCUT2D eigenvalue weighted by Gasteiger charge is -2.25. The van der Waals surface area contributed by atoms with Crippen molar-refractivity contribution in [3.05, 3.63) is 58.1 Å². The van der Waals surface area contributed by atoms with Gasteiger partial charge in [0.05, 0.1) is 13.2 Å². The molecule has 6 heteroatoms. The molecule has 0 aromatic heterocycles. The van der Waals surface area contributed by atoms with Crippen molar-refractivity contribution < 1.29 is 19.0 Å². The van der Waals surface area contributed by atoms with E-state index in [1.165, 1.54) is 0 Å². The number of carbonyl (C=O) groups is 1. The molecule has 1 atom stereocenters. The second-order valence-electron chi connectivity index (χ2n) is 6.52. The molecule has 1 amide bonds. The van der Waals surface area contributed by atoms with Gasteiger partial charge in [-0.2, -0.15) is 0 Å². The van der Waals surface area contributed by atoms with E-state index in [2.05, 4.69) is 15.9 Å². The highest BCUT2D eigenvalue weighted by atomic mass is 79.9. The molecule has 27 heavy (non-hydrogen) atoms. The molecule has 4 rings (SSSR count). The summed E-state index contributed by atoms with van der Waals surface area (Å²) in [6, 6.07) is 11.6. The standard InChI is InChI=1S/C21H20BrNO4/c1-25-18-8-6-15(22)12-16(18)17-3-2-10-23(17)21(24)9-5-14-4-7-19-20(11-14)27-13-26-19/h4-9,11-12,17H,2-3,10,13H2,1H3. The van der Waals surface area contributed by atoms with Crippen molar-refractivity contribution in [3.8, 4) is 17.2 Å². The zero-order chi connectivity index (χ0) is 18.8. The third kappa shape index (κ3) is 3.67. The predicted octanol–water partition coefficient (Wildman–Crippen LogP) is 4.56. The van der Waals surface area contributed by atoms with Crippen LogP contribution in [0.3, 0.4) is 0 Å². The van der Waals surface area contributed by atoms with Gasteiger partial charge in [-0.25, -0.2) is 0 Å². The van der Waals surface area contributed by atoms with Gasteiger partial charge in [0.15, 0.2) is 11.5 Å². The number of nitrogens with zero attached hydrogens (tertiary/aromatic N) is 1. The maximum atomic E-state index is 12.9. The monoisotopic (exact) mass is 429 g/mol. The van der Waals surface area contributed by atoms with Crippen molar-refractivity contribution in [2.45, 2.75) is 18.9 Å². The Labute approximate surface area is 166 Å². The highest BCUT2D eigenvalue weighted by Gasteiger charge is 2.31. The Kier molecular flexibility index (Phi) is 5.07. The number of likely N-dealkylation sites (tertiary alicyclic amines) is 1. The number of hydrogen-bond acceptors (Lipinski definition) is 4. The molecule has 1 fully saturated rings. The van der Waals surface area contributed by atoms with Gasteiger partial charge in [0.1, 0.15) is 5.75 Å². The number of halogens is 1. The summed E-state index contributed by atoms with van der Waals surface area (Å²) in [5.74, 6) is 2.25. The molecule has 2 aliphatic rings. The van der Waals surface area contributed by atoms with Crippen LogP contribution < -0.4 is 14.2 Å². The molecule has 2 aromatic rings. The second kappa shape index (κ2) is 7.64. The van der Waals surface area contributed by atoms with Crippen molar-refractivity contribution in [3.63, 3.8) is 0 Å². The van der Waals surface area contributed by atoms with Crippen LogP contribution in [0.4, 0.5) is 0 Å². The summed E-state index contributed by atoms with van der Waals surface area (Å²) in [5.41, 5.74) is 1.94. The van der Waals surface area contributed by atoms with E-state index in [4.69, 9.17) is 14.2 Å². The first-order chi connectivity index (χ1) is 13.2. The van der Waals surface area contributed by atoms with E-state index < -0.39 is 0 Å². The quantitative estimate of drug-likeness (QED) is 0.668. The maximum absolute atomic E-state index is 12.9. The Morgan fingerprint density at radius 1 is 1.22 bits per heavy atom. The lowest BCUT2D eigenvalue weighted by Crippen LogP contribution is -2.29. The first-order valence-electron chi connectivity index (χ1n) is 8.87. The van der Waals surface area contributed by atoms with E-state index in [1.807, 2.05) is 47.4 Å². The molecule has 0 radical (unpaired) electrons. The summed E-state index contributed by atoms with van der Waals surface area (Å²) >= 11 is 3.52. The predicted molar refractivity (Wildman–Crippen MR) is 106 cm³/mol. The third-order valence-corrected chi connectivity index (χ3v) is 5.39. The molecule has 0 bridgehead atoms. The second-order valence-corrected chi connectivity index (χ2v) is 7.44. The van der Waals surface area contributed by atoms with Crippen LogP contribution in [0.1, 0.15) is 30.0 Å². The number of hydrogen-bond donors (Lipinski definition) is 0. The summed E-state index contributed by atoms with van der Waals surface area (Å²) in [7, 11) is 1.66. The number of fused-ring (bicyclic) bond motifs is 1. The van der Waals surface area contributed by atoms with Crippen LogP contribution in [-0.4, -0.2) is 31.3 Å². The summed E-state index contributed by atoms with van der Waals surface area (Å²) in [6.45, 7) is 0.982. The van der Waals surface area contributed by atoms with E-state index in [0.29, 0.717) is 5.75 Å². The highest BCUT2D eigenvalue weighted by molar-refractivity contribution is 9.10. The fourth-order valence-electron chi connectivity index (χ4n) is 3.60. The van der Waals surface area contributed by atoms with E-state index in [0.717, 1.165) is 46.5 Å². The molecular weight excluding hydrogens is 410 g/mol. The molecule has 140 valence electrons. The minimum absolute atomic E-state index is 0.00260. The molecule has 2 heterocycles. The lowest BCUT2D eigenvalue weighted by molar-refractivity contribution is -0.126. The van der Waals surface area contributed by atoms with Crippen LogP contribution in [0.15, 0.2) is 46.9 Å². The van der Waals surface area contributed by atoms with Gasteiger partial charge in [0.2, 0.25) is 12.7 Å². The normalized spacial score (nSPS) is 18.3. The van der Waals surface area contributed by atoms with Gasteiger partial charge in [-0.15, -0.1) is 0 Å². The van der Waals surface area contributed by atoms with Crippen LogP contribution >= 0.6 is 15.9 Å². The number of methoxy groups -OCH3 is 1.